The van der Waals surface area contributed by atoms with Crippen molar-refractivity contribution in [2.45, 2.75) is 44.6 Å². The Morgan fingerprint density at radius 3 is 2.63 bits per heavy atom. The summed E-state index contributed by atoms with van der Waals surface area (Å²) in [6.45, 7) is 2.15. The van der Waals surface area contributed by atoms with Gasteiger partial charge in [-0.1, -0.05) is 49.0 Å². The van der Waals surface area contributed by atoms with Crippen molar-refractivity contribution in [3.8, 4) is 0 Å². The number of hydrogen-bond donors (Lipinski definition) is 1. The van der Waals surface area contributed by atoms with E-state index in [-0.39, 0.29) is 12.2 Å². The number of nitrogens with two attached hydrogens (primary N) is 1. The predicted octanol–water partition coefficient (Wildman–Crippen LogP) is 4.01. The summed E-state index contributed by atoms with van der Waals surface area (Å²) in [6, 6.07) is 5.28. The van der Waals surface area contributed by atoms with E-state index in [0.717, 1.165) is 25.7 Å². The van der Waals surface area contributed by atoms with Crippen LogP contribution in [0.15, 0.2) is 18.2 Å². The Labute approximate surface area is 124 Å². The number of carbonyl (C=O) groups excluding carboxylic acids is 1. The van der Waals surface area contributed by atoms with Crippen molar-refractivity contribution in [1.82, 2.24) is 0 Å². The van der Waals surface area contributed by atoms with Gasteiger partial charge in [0.25, 0.3) is 0 Å². The first kappa shape index (κ1) is 14.8. The molecule has 1 aliphatic carbocycles. The molecule has 1 aromatic carbocycles. The molecule has 0 bridgehead atoms. The zero-order valence-electron chi connectivity index (χ0n) is 11.1. The lowest BCUT2D eigenvalue weighted by atomic mass is 9.73. The number of rotatable bonds is 3. The lowest BCUT2D eigenvalue weighted by Crippen LogP contribution is -2.51. The molecular formula is C15H19Cl2NO. The summed E-state index contributed by atoms with van der Waals surface area (Å²) in [5.74, 6) is 0.554. The Morgan fingerprint density at radius 1 is 1.42 bits per heavy atom. The molecule has 2 rings (SSSR count). The second kappa shape index (κ2) is 5.82. The van der Waals surface area contributed by atoms with Crippen LogP contribution >= 0.6 is 23.2 Å². The van der Waals surface area contributed by atoms with Crippen molar-refractivity contribution in [3.05, 3.63) is 33.8 Å². The molecule has 1 saturated carbocycles. The average Bonchev–Trinajstić information content (AvgIpc) is 2.33. The van der Waals surface area contributed by atoms with Crippen LogP contribution in [0.3, 0.4) is 0 Å². The zero-order chi connectivity index (χ0) is 14.0. The second-order valence-corrected chi connectivity index (χ2v) is 6.47. The highest BCUT2D eigenvalue weighted by molar-refractivity contribution is 6.36. The summed E-state index contributed by atoms with van der Waals surface area (Å²) < 4.78 is 0. The molecule has 1 fully saturated rings. The van der Waals surface area contributed by atoms with Gasteiger partial charge in [0.1, 0.15) is 0 Å². The normalized spacial score (nSPS) is 27.3. The van der Waals surface area contributed by atoms with Crippen LogP contribution in [0, 0.1) is 5.92 Å². The molecule has 1 aromatic rings. The number of Topliss-reactive ketones (excluding diaryl/α,β-unsaturated/α-hetero) is 1. The van der Waals surface area contributed by atoms with Gasteiger partial charge < -0.3 is 5.73 Å². The van der Waals surface area contributed by atoms with Crippen molar-refractivity contribution in [2.24, 2.45) is 11.7 Å². The fourth-order valence-corrected chi connectivity index (χ4v) is 3.41. The molecule has 0 saturated heterocycles. The summed E-state index contributed by atoms with van der Waals surface area (Å²) in [5.41, 5.74) is 6.29. The second-order valence-electron chi connectivity index (χ2n) is 5.66. The summed E-state index contributed by atoms with van der Waals surface area (Å²) in [7, 11) is 0. The monoisotopic (exact) mass is 299 g/mol. The summed E-state index contributed by atoms with van der Waals surface area (Å²) >= 11 is 12.2. The minimum atomic E-state index is -0.708. The maximum Gasteiger partial charge on any atom is 0.157 e. The van der Waals surface area contributed by atoms with Crippen LogP contribution in [0.2, 0.25) is 10.0 Å². The molecule has 0 aliphatic heterocycles. The summed E-state index contributed by atoms with van der Waals surface area (Å²) in [5, 5.41) is 1.07. The molecule has 19 heavy (non-hydrogen) atoms. The van der Waals surface area contributed by atoms with Crippen LogP contribution in [0.25, 0.3) is 0 Å². The molecule has 0 heterocycles. The number of ketones is 1. The molecule has 2 atom stereocenters. The first-order chi connectivity index (χ1) is 8.92. The van der Waals surface area contributed by atoms with Crippen LogP contribution < -0.4 is 5.73 Å². The topological polar surface area (TPSA) is 43.1 Å². The van der Waals surface area contributed by atoms with Gasteiger partial charge in [0, 0.05) is 16.5 Å². The molecule has 2 unspecified atom stereocenters. The molecule has 0 radical (unpaired) electrons. The molecule has 2 N–H and O–H groups in total. The molecule has 0 amide bonds. The van der Waals surface area contributed by atoms with E-state index in [1.807, 2.05) is 0 Å². The smallest absolute Gasteiger partial charge is 0.157 e. The molecule has 0 aromatic heterocycles. The van der Waals surface area contributed by atoms with Gasteiger partial charge in [0.2, 0.25) is 0 Å². The van der Waals surface area contributed by atoms with Gasteiger partial charge >= 0.3 is 0 Å². The van der Waals surface area contributed by atoms with Crippen LogP contribution in [-0.4, -0.2) is 11.3 Å². The number of halogens is 2. The van der Waals surface area contributed by atoms with Crippen LogP contribution in [0.1, 0.15) is 38.2 Å². The van der Waals surface area contributed by atoms with Crippen molar-refractivity contribution >= 4 is 29.0 Å². The predicted molar refractivity (Wildman–Crippen MR) is 79.7 cm³/mol. The number of hydrogen-bond acceptors (Lipinski definition) is 2. The minimum Gasteiger partial charge on any atom is -0.319 e. The van der Waals surface area contributed by atoms with E-state index < -0.39 is 5.54 Å². The molecular weight excluding hydrogens is 281 g/mol. The Kier molecular flexibility index (Phi) is 4.54. The van der Waals surface area contributed by atoms with E-state index >= 15 is 0 Å². The highest BCUT2D eigenvalue weighted by atomic mass is 35.5. The zero-order valence-corrected chi connectivity index (χ0v) is 12.6. The number of benzene rings is 1. The Balaban J connectivity index is 2.17. The van der Waals surface area contributed by atoms with Gasteiger partial charge in [-0.05, 0) is 36.5 Å². The van der Waals surface area contributed by atoms with Crippen molar-refractivity contribution in [3.63, 3.8) is 0 Å². The lowest BCUT2D eigenvalue weighted by Gasteiger charge is -2.35. The maximum atomic E-state index is 12.5. The SMILES string of the molecule is CC1CCCC(N)(C(=O)Cc2c(Cl)cccc2Cl)C1. The maximum absolute atomic E-state index is 12.5. The van der Waals surface area contributed by atoms with E-state index in [9.17, 15) is 4.79 Å². The van der Waals surface area contributed by atoms with Crippen LogP contribution in [-0.2, 0) is 11.2 Å². The van der Waals surface area contributed by atoms with E-state index in [2.05, 4.69) is 6.92 Å². The van der Waals surface area contributed by atoms with E-state index in [1.165, 1.54) is 0 Å². The summed E-state index contributed by atoms with van der Waals surface area (Å²) in [6.07, 6.45) is 3.91. The van der Waals surface area contributed by atoms with E-state index in [4.69, 9.17) is 28.9 Å². The van der Waals surface area contributed by atoms with Gasteiger partial charge in [-0.15, -0.1) is 0 Å². The molecule has 0 spiro atoms. The quantitative estimate of drug-likeness (QED) is 0.916. The summed E-state index contributed by atoms with van der Waals surface area (Å²) in [4.78, 5) is 12.5. The van der Waals surface area contributed by atoms with Crippen molar-refractivity contribution in [1.29, 1.82) is 0 Å². The number of carbonyl (C=O) groups is 1. The van der Waals surface area contributed by atoms with Crippen molar-refractivity contribution in [2.75, 3.05) is 0 Å². The lowest BCUT2D eigenvalue weighted by molar-refractivity contribution is -0.125. The van der Waals surface area contributed by atoms with E-state index in [0.29, 0.717) is 21.5 Å². The Hall–Kier alpha value is -0.570. The van der Waals surface area contributed by atoms with Crippen LogP contribution in [0.5, 0.6) is 0 Å². The highest BCUT2D eigenvalue weighted by Crippen LogP contribution is 2.33. The average molecular weight is 300 g/mol. The fraction of sp³-hybridized carbons (Fsp3) is 0.533. The van der Waals surface area contributed by atoms with Crippen LogP contribution in [0.4, 0.5) is 0 Å². The van der Waals surface area contributed by atoms with Crippen molar-refractivity contribution < 1.29 is 4.79 Å². The molecule has 2 nitrogen and oxygen atoms in total. The first-order valence-corrected chi connectivity index (χ1v) is 7.43. The largest absolute Gasteiger partial charge is 0.319 e. The van der Waals surface area contributed by atoms with Gasteiger partial charge in [-0.3, -0.25) is 4.79 Å². The standard InChI is InChI=1S/C15H19Cl2NO/c1-10-4-3-7-15(18,9-10)14(19)8-11-12(16)5-2-6-13(11)17/h2,5-6,10H,3-4,7-9,18H2,1H3. The molecule has 104 valence electrons. The Bertz CT molecular complexity index is 469. The third kappa shape index (κ3) is 3.31. The minimum absolute atomic E-state index is 0.0500. The highest BCUT2D eigenvalue weighted by Gasteiger charge is 2.37. The third-order valence-electron chi connectivity index (χ3n) is 3.99. The fourth-order valence-electron chi connectivity index (χ4n) is 2.88. The molecule has 4 heteroatoms. The van der Waals surface area contributed by atoms with Gasteiger partial charge in [-0.25, -0.2) is 0 Å². The van der Waals surface area contributed by atoms with Gasteiger partial charge in [-0.2, -0.15) is 0 Å². The first-order valence-electron chi connectivity index (χ1n) is 6.67. The Morgan fingerprint density at radius 2 is 2.05 bits per heavy atom. The van der Waals surface area contributed by atoms with Gasteiger partial charge in [0.15, 0.2) is 5.78 Å². The molecule has 1 aliphatic rings. The van der Waals surface area contributed by atoms with Gasteiger partial charge in [0.05, 0.1) is 5.54 Å². The third-order valence-corrected chi connectivity index (χ3v) is 4.70. The van der Waals surface area contributed by atoms with E-state index in [1.54, 1.807) is 18.2 Å².